The maximum absolute atomic E-state index is 11.9. The molecule has 0 aliphatic carbocycles. The highest BCUT2D eigenvalue weighted by Crippen LogP contribution is 2.11. The zero-order chi connectivity index (χ0) is 14.5. The van der Waals surface area contributed by atoms with Crippen LogP contribution < -0.4 is 5.32 Å². The van der Waals surface area contributed by atoms with Crippen LogP contribution in [0.5, 0.6) is 0 Å². The van der Waals surface area contributed by atoms with Crippen molar-refractivity contribution < 1.29 is 13.9 Å². The molecule has 1 atom stereocenters. The summed E-state index contributed by atoms with van der Waals surface area (Å²) in [6.45, 7) is 1.25. The molecule has 1 aliphatic rings. The van der Waals surface area contributed by atoms with Gasteiger partial charge in [-0.15, -0.1) is 10.2 Å². The largest absolute Gasteiger partial charge is 0.417 e. The van der Waals surface area contributed by atoms with Gasteiger partial charge in [-0.1, -0.05) is 30.3 Å². The van der Waals surface area contributed by atoms with Gasteiger partial charge in [0.2, 0.25) is 5.89 Å². The van der Waals surface area contributed by atoms with Gasteiger partial charge in [-0.05, 0) is 18.4 Å². The Balaban J connectivity index is 1.55. The van der Waals surface area contributed by atoms with Crippen molar-refractivity contribution in [1.82, 2.24) is 15.5 Å². The fourth-order valence-corrected chi connectivity index (χ4v) is 2.27. The van der Waals surface area contributed by atoms with Crippen LogP contribution in [0.1, 0.15) is 35.0 Å². The van der Waals surface area contributed by atoms with Crippen LogP contribution in [-0.4, -0.2) is 35.4 Å². The number of carbonyl (C=O) groups is 1. The molecule has 0 radical (unpaired) electrons. The molecule has 21 heavy (non-hydrogen) atoms. The average molecular weight is 287 g/mol. The Morgan fingerprint density at radius 3 is 2.90 bits per heavy atom. The highest BCUT2D eigenvalue weighted by molar-refractivity contribution is 5.89. The molecule has 6 nitrogen and oxygen atoms in total. The standard InChI is InChI=1S/C15H17N3O3/c19-14(16-10-12-7-4-8-20-12)15-18-17-13(21-15)9-11-5-2-1-3-6-11/h1-3,5-6,12H,4,7-10H2,(H,16,19). The number of aromatic nitrogens is 2. The molecule has 1 N–H and O–H groups in total. The zero-order valence-corrected chi connectivity index (χ0v) is 11.6. The van der Waals surface area contributed by atoms with E-state index in [-0.39, 0.29) is 17.9 Å². The summed E-state index contributed by atoms with van der Waals surface area (Å²) in [5, 5.41) is 10.4. The van der Waals surface area contributed by atoms with Crippen molar-refractivity contribution in [3.8, 4) is 0 Å². The fraction of sp³-hybridized carbons (Fsp3) is 0.400. The molecule has 0 bridgehead atoms. The van der Waals surface area contributed by atoms with Gasteiger partial charge in [0.25, 0.3) is 0 Å². The lowest BCUT2D eigenvalue weighted by Gasteiger charge is -2.08. The quantitative estimate of drug-likeness (QED) is 0.903. The van der Waals surface area contributed by atoms with Gasteiger partial charge in [-0.2, -0.15) is 0 Å². The van der Waals surface area contributed by atoms with E-state index in [1.807, 2.05) is 30.3 Å². The first-order valence-electron chi connectivity index (χ1n) is 7.07. The van der Waals surface area contributed by atoms with Crippen molar-refractivity contribution in [2.45, 2.75) is 25.4 Å². The number of carbonyl (C=O) groups excluding carboxylic acids is 1. The van der Waals surface area contributed by atoms with E-state index in [1.54, 1.807) is 0 Å². The van der Waals surface area contributed by atoms with E-state index in [0.29, 0.717) is 18.9 Å². The normalized spacial score (nSPS) is 17.8. The molecule has 1 saturated heterocycles. The summed E-state index contributed by atoms with van der Waals surface area (Å²) in [4.78, 5) is 11.9. The first kappa shape index (κ1) is 13.8. The van der Waals surface area contributed by atoms with Crippen LogP contribution in [0.4, 0.5) is 0 Å². The van der Waals surface area contributed by atoms with Crippen molar-refractivity contribution in [2.75, 3.05) is 13.2 Å². The highest BCUT2D eigenvalue weighted by Gasteiger charge is 2.19. The maximum Gasteiger partial charge on any atom is 0.308 e. The molecule has 1 amide bonds. The summed E-state index contributed by atoms with van der Waals surface area (Å²) in [7, 11) is 0. The van der Waals surface area contributed by atoms with Crippen LogP contribution in [-0.2, 0) is 11.2 Å². The Kier molecular flexibility index (Phi) is 4.25. The van der Waals surface area contributed by atoms with Gasteiger partial charge in [-0.25, -0.2) is 0 Å². The van der Waals surface area contributed by atoms with Gasteiger partial charge in [0, 0.05) is 13.2 Å². The molecule has 2 aromatic rings. The van der Waals surface area contributed by atoms with Crippen LogP contribution in [0.2, 0.25) is 0 Å². The first-order chi connectivity index (χ1) is 10.3. The molecule has 1 unspecified atom stereocenters. The van der Waals surface area contributed by atoms with Crippen LogP contribution in [0.15, 0.2) is 34.7 Å². The van der Waals surface area contributed by atoms with E-state index >= 15 is 0 Å². The van der Waals surface area contributed by atoms with Crippen LogP contribution in [0, 0.1) is 0 Å². The van der Waals surface area contributed by atoms with Crippen molar-refractivity contribution in [3.05, 3.63) is 47.7 Å². The van der Waals surface area contributed by atoms with E-state index in [0.717, 1.165) is 25.0 Å². The van der Waals surface area contributed by atoms with Gasteiger partial charge in [-0.3, -0.25) is 4.79 Å². The third kappa shape index (κ3) is 3.66. The molecule has 0 spiro atoms. The van der Waals surface area contributed by atoms with Gasteiger partial charge < -0.3 is 14.5 Å². The molecule has 1 aliphatic heterocycles. The minimum absolute atomic E-state index is 0.000993. The lowest BCUT2D eigenvalue weighted by molar-refractivity contribution is 0.0828. The van der Waals surface area contributed by atoms with Crippen LogP contribution in [0.25, 0.3) is 0 Å². The summed E-state index contributed by atoms with van der Waals surface area (Å²) in [5.41, 5.74) is 1.06. The minimum atomic E-state index is -0.350. The smallest absolute Gasteiger partial charge is 0.308 e. The molecular weight excluding hydrogens is 270 g/mol. The van der Waals surface area contributed by atoms with Gasteiger partial charge >= 0.3 is 11.8 Å². The molecule has 1 aromatic carbocycles. The van der Waals surface area contributed by atoms with Gasteiger partial charge in [0.15, 0.2) is 0 Å². The molecule has 0 saturated carbocycles. The number of amides is 1. The van der Waals surface area contributed by atoms with Crippen molar-refractivity contribution in [2.24, 2.45) is 0 Å². The summed E-state index contributed by atoms with van der Waals surface area (Å²) < 4.78 is 10.8. The van der Waals surface area contributed by atoms with E-state index in [4.69, 9.17) is 9.15 Å². The molecular formula is C15H17N3O3. The fourth-order valence-electron chi connectivity index (χ4n) is 2.27. The van der Waals surface area contributed by atoms with Crippen LogP contribution in [0.3, 0.4) is 0 Å². The number of hydrogen-bond acceptors (Lipinski definition) is 5. The molecule has 110 valence electrons. The highest BCUT2D eigenvalue weighted by atomic mass is 16.5. The van der Waals surface area contributed by atoms with Crippen molar-refractivity contribution >= 4 is 5.91 Å². The Labute approximate surface area is 122 Å². The molecule has 3 rings (SSSR count). The summed E-state index contributed by atoms with van der Waals surface area (Å²) in [5.74, 6) is 0.0831. The lowest BCUT2D eigenvalue weighted by Crippen LogP contribution is -2.31. The zero-order valence-electron chi connectivity index (χ0n) is 11.6. The molecule has 2 heterocycles. The van der Waals surface area contributed by atoms with Crippen molar-refractivity contribution in [3.63, 3.8) is 0 Å². The second-order valence-electron chi connectivity index (χ2n) is 5.01. The molecule has 1 aromatic heterocycles. The minimum Gasteiger partial charge on any atom is -0.417 e. The number of rotatable bonds is 5. The Bertz CT molecular complexity index is 591. The third-order valence-corrected chi connectivity index (χ3v) is 3.37. The second-order valence-corrected chi connectivity index (χ2v) is 5.01. The van der Waals surface area contributed by atoms with Crippen LogP contribution >= 0.6 is 0 Å². The number of nitrogens with zero attached hydrogens (tertiary/aromatic N) is 2. The van der Waals surface area contributed by atoms with E-state index in [9.17, 15) is 4.79 Å². The predicted molar refractivity (Wildman–Crippen MR) is 74.9 cm³/mol. The summed E-state index contributed by atoms with van der Waals surface area (Å²) in [6.07, 6.45) is 2.64. The molecule has 6 heteroatoms. The lowest BCUT2D eigenvalue weighted by atomic mass is 10.2. The number of nitrogens with one attached hydrogen (secondary N) is 1. The van der Waals surface area contributed by atoms with E-state index in [2.05, 4.69) is 15.5 Å². The Hall–Kier alpha value is -2.21. The Morgan fingerprint density at radius 1 is 1.29 bits per heavy atom. The van der Waals surface area contributed by atoms with Gasteiger partial charge in [0.05, 0.1) is 12.5 Å². The first-order valence-corrected chi connectivity index (χ1v) is 7.07. The maximum atomic E-state index is 11.9. The van der Waals surface area contributed by atoms with Crippen molar-refractivity contribution in [1.29, 1.82) is 0 Å². The number of hydrogen-bond donors (Lipinski definition) is 1. The third-order valence-electron chi connectivity index (χ3n) is 3.37. The topological polar surface area (TPSA) is 77.2 Å². The Morgan fingerprint density at radius 2 is 2.14 bits per heavy atom. The number of benzene rings is 1. The molecule has 1 fully saturated rings. The summed E-state index contributed by atoms with van der Waals surface area (Å²) in [6, 6.07) is 9.78. The number of ether oxygens (including phenoxy) is 1. The average Bonchev–Trinajstić information content (AvgIpc) is 3.17. The predicted octanol–water partition coefficient (Wildman–Crippen LogP) is 1.57. The van der Waals surface area contributed by atoms with E-state index < -0.39 is 0 Å². The SMILES string of the molecule is O=C(NCC1CCCO1)c1nnc(Cc2ccccc2)o1. The monoisotopic (exact) mass is 287 g/mol. The second kappa shape index (κ2) is 6.49. The summed E-state index contributed by atoms with van der Waals surface area (Å²) >= 11 is 0. The van der Waals surface area contributed by atoms with E-state index in [1.165, 1.54) is 0 Å². The van der Waals surface area contributed by atoms with Gasteiger partial charge in [0.1, 0.15) is 0 Å².